The van der Waals surface area contributed by atoms with Gasteiger partial charge in [0.15, 0.2) is 0 Å². The molecule has 3 rings (SSSR count). The number of carbonyl (C=O) groups excluding carboxylic acids is 1. The van der Waals surface area contributed by atoms with Crippen molar-refractivity contribution in [3.63, 3.8) is 0 Å². The standard InChI is InChI=1S/C17H16N4O/c1-21(2)13-8-6-12(7-9-13)20-17(22)14-4-3-5-15-16(14)19-11-10-18-15/h3-11H,1-2H3,(H,20,22). The van der Waals surface area contributed by atoms with Gasteiger partial charge in [-0.2, -0.15) is 0 Å². The van der Waals surface area contributed by atoms with E-state index in [1.165, 1.54) is 0 Å². The monoisotopic (exact) mass is 292 g/mol. The van der Waals surface area contributed by atoms with E-state index in [9.17, 15) is 4.79 Å². The molecule has 110 valence electrons. The Hall–Kier alpha value is -2.95. The predicted molar refractivity (Wildman–Crippen MR) is 88.3 cm³/mol. The van der Waals surface area contributed by atoms with E-state index in [2.05, 4.69) is 15.3 Å². The minimum atomic E-state index is -0.191. The quantitative estimate of drug-likeness (QED) is 0.806. The summed E-state index contributed by atoms with van der Waals surface area (Å²) in [7, 11) is 3.95. The average Bonchev–Trinajstić information content (AvgIpc) is 2.54. The molecule has 0 saturated carbocycles. The highest BCUT2D eigenvalue weighted by atomic mass is 16.1. The number of fused-ring (bicyclic) bond motifs is 1. The molecule has 1 amide bonds. The van der Waals surface area contributed by atoms with E-state index in [0.717, 1.165) is 11.4 Å². The fourth-order valence-electron chi connectivity index (χ4n) is 2.22. The molecule has 22 heavy (non-hydrogen) atoms. The zero-order valence-corrected chi connectivity index (χ0v) is 12.4. The Morgan fingerprint density at radius 2 is 1.73 bits per heavy atom. The van der Waals surface area contributed by atoms with Crippen LogP contribution in [0.2, 0.25) is 0 Å². The van der Waals surface area contributed by atoms with Gasteiger partial charge in [0.1, 0.15) is 5.52 Å². The van der Waals surface area contributed by atoms with Gasteiger partial charge in [0.2, 0.25) is 0 Å². The smallest absolute Gasteiger partial charge is 0.257 e. The summed E-state index contributed by atoms with van der Waals surface area (Å²) in [5.74, 6) is -0.191. The number of carbonyl (C=O) groups is 1. The molecule has 0 fully saturated rings. The molecule has 0 unspecified atom stereocenters. The number of hydrogen-bond donors (Lipinski definition) is 1. The first-order valence-corrected chi connectivity index (χ1v) is 6.93. The lowest BCUT2D eigenvalue weighted by Crippen LogP contribution is -2.13. The highest BCUT2D eigenvalue weighted by Crippen LogP contribution is 2.18. The average molecular weight is 292 g/mol. The number of nitrogens with one attached hydrogen (secondary N) is 1. The molecule has 2 aromatic carbocycles. The molecule has 1 N–H and O–H groups in total. The maximum Gasteiger partial charge on any atom is 0.257 e. The number of aromatic nitrogens is 2. The number of benzene rings is 2. The predicted octanol–water partition coefficient (Wildman–Crippen LogP) is 2.95. The summed E-state index contributed by atoms with van der Waals surface area (Å²) in [6.07, 6.45) is 3.20. The Morgan fingerprint density at radius 1 is 1.00 bits per heavy atom. The molecule has 0 aliphatic rings. The molecule has 0 aliphatic carbocycles. The van der Waals surface area contributed by atoms with E-state index in [-0.39, 0.29) is 5.91 Å². The van der Waals surface area contributed by atoms with Gasteiger partial charge in [-0.1, -0.05) is 6.07 Å². The summed E-state index contributed by atoms with van der Waals surface area (Å²) in [4.78, 5) is 22.9. The highest BCUT2D eigenvalue weighted by molar-refractivity contribution is 6.11. The lowest BCUT2D eigenvalue weighted by molar-refractivity contribution is 0.102. The largest absolute Gasteiger partial charge is 0.378 e. The van der Waals surface area contributed by atoms with E-state index < -0.39 is 0 Å². The van der Waals surface area contributed by atoms with Gasteiger partial charge in [-0.15, -0.1) is 0 Å². The fraction of sp³-hybridized carbons (Fsp3) is 0.118. The van der Waals surface area contributed by atoms with Crippen LogP contribution < -0.4 is 10.2 Å². The van der Waals surface area contributed by atoms with Crippen molar-refractivity contribution in [1.82, 2.24) is 9.97 Å². The van der Waals surface area contributed by atoms with E-state index in [1.54, 1.807) is 24.5 Å². The number of amides is 1. The highest BCUT2D eigenvalue weighted by Gasteiger charge is 2.11. The van der Waals surface area contributed by atoms with Gasteiger partial charge in [0.05, 0.1) is 11.1 Å². The van der Waals surface area contributed by atoms with E-state index in [0.29, 0.717) is 16.6 Å². The third-order valence-corrected chi connectivity index (χ3v) is 3.38. The van der Waals surface area contributed by atoms with Crippen molar-refractivity contribution in [3.8, 4) is 0 Å². The van der Waals surface area contributed by atoms with Gasteiger partial charge in [-0.3, -0.25) is 14.8 Å². The van der Waals surface area contributed by atoms with Crippen LogP contribution in [0.4, 0.5) is 11.4 Å². The first-order valence-electron chi connectivity index (χ1n) is 6.93. The molecule has 0 aliphatic heterocycles. The van der Waals surface area contributed by atoms with E-state index >= 15 is 0 Å². The normalized spacial score (nSPS) is 10.5. The van der Waals surface area contributed by atoms with Gasteiger partial charge in [0, 0.05) is 37.9 Å². The molecule has 0 bridgehead atoms. The minimum absolute atomic E-state index is 0.191. The maximum absolute atomic E-state index is 12.5. The number of hydrogen-bond acceptors (Lipinski definition) is 4. The Kier molecular flexibility index (Phi) is 3.70. The second-order valence-electron chi connectivity index (χ2n) is 5.13. The Morgan fingerprint density at radius 3 is 2.45 bits per heavy atom. The van der Waals surface area contributed by atoms with Gasteiger partial charge in [-0.05, 0) is 36.4 Å². The molecule has 3 aromatic rings. The van der Waals surface area contributed by atoms with Crippen LogP contribution in [0.3, 0.4) is 0 Å². The minimum Gasteiger partial charge on any atom is -0.378 e. The summed E-state index contributed by atoms with van der Waals surface area (Å²) >= 11 is 0. The molecule has 5 nitrogen and oxygen atoms in total. The molecular formula is C17H16N4O. The number of nitrogens with zero attached hydrogens (tertiary/aromatic N) is 3. The SMILES string of the molecule is CN(C)c1ccc(NC(=O)c2cccc3nccnc23)cc1. The molecule has 5 heteroatoms. The van der Waals surface area contributed by atoms with Crippen molar-refractivity contribution in [2.75, 3.05) is 24.3 Å². The number of anilines is 2. The van der Waals surface area contributed by atoms with E-state index in [1.807, 2.05) is 49.3 Å². The maximum atomic E-state index is 12.5. The van der Waals surface area contributed by atoms with Crippen LogP contribution in [0.15, 0.2) is 54.9 Å². The number of para-hydroxylation sites is 1. The zero-order valence-electron chi connectivity index (χ0n) is 12.4. The fourth-order valence-corrected chi connectivity index (χ4v) is 2.22. The van der Waals surface area contributed by atoms with E-state index in [4.69, 9.17) is 0 Å². The molecule has 0 atom stereocenters. The van der Waals surface area contributed by atoms with Crippen LogP contribution in [0.5, 0.6) is 0 Å². The second kappa shape index (κ2) is 5.81. The van der Waals surface area contributed by atoms with Crippen LogP contribution >= 0.6 is 0 Å². The Bertz CT molecular complexity index is 807. The molecular weight excluding hydrogens is 276 g/mol. The van der Waals surface area contributed by atoms with Gasteiger partial charge < -0.3 is 10.2 Å². The summed E-state index contributed by atoms with van der Waals surface area (Å²) in [6, 6.07) is 13.1. The first kappa shape index (κ1) is 14.0. The molecule has 0 radical (unpaired) electrons. The third kappa shape index (κ3) is 2.74. The number of rotatable bonds is 3. The molecule has 0 spiro atoms. The summed E-state index contributed by atoms with van der Waals surface area (Å²) in [5.41, 5.74) is 3.65. The van der Waals surface area contributed by atoms with Crippen LogP contribution in [0, 0.1) is 0 Å². The molecule has 1 aromatic heterocycles. The van der Waals surface area contributed by atoms with Gasteiger partial charge >= 0.3 is 0 Å². The lowest BCUT2D eigenvalue weighted by Gasteiger charge is -2.13. The Labute approximate surface area is 128 Å². The van der Waals surface area contributed by atoms with Crippen molar-refractivity contribution in [2.24, 2.45) is 0 Å². The summed E-state index contributed by atoms with van der Waals surface area (Å²) < 4.78 is 0. The zero-order chi connectivity index (χ0) is 15.5. The van der Waals surface area contributed by atoms with Gasteiger partial charge in [-0.25, -0.2) is 0 Å². The molecule has 1 heterocycles. The Balaban J connectivity index is 1.87. The second-order valence-corrected chi connectivity index (χ2v) is 5.13. The van der Waals surface area contributed by atoms with Crippen LogP contribution in [-0.2, 0) is 0 Å². The third-order valence-electron chi connectivity index (χ3n) is 3.38. The lowest BCUT2D eigenvalue weighted by atomic mass is 10.1. The van der Waals surface area contributed by atoms with Crippen molar-refractivity contribution in [1.29, 1.82) is 0 Å². The van der Waals surface area contributed by atoms with Crippen molar-refractivity contribution in [2.45, 2.75) is 0 Å². The van der Waals surface area contributed by atoms with Crippen LogP contribution in [0.25, 0.3) is 11.0 Å². The summed E-state index contributed by atoms with van der Waals surface area (Å²) in [6.45, 7) is 0. The van der Waals surface area contributed by atoms with Gasteiger partial charge in [0.25, 0.3) is 5.91 Å². The summed E-state index contributed by atoms with van der Waals surface area (Å²) in [5, 5.41) is 2.89. The van der Waals surface area contributed by atoms with Crippen molar-refractivity contribution >= 4 is 28.3 Å². The first-order chi connectivity index (χ1) is 10.6. The topological polar surface area (TPSA) is 58.1 Å². The molecule has 0 saturated heterocycles. The van der Waals surface area contributed by atoms with Crippen LogP contribution in [-0.4, -0.2) is 30.0 Å². The van der Waals surface area contributed by atoms with Crippen molar-refractivity contribution < 1.29 is 4.79 Å². The van der Waals surface area contributed by atoms with Crippen LogP contribution in [0.1, 0.15) is 10.4 Å². The van der Waals surface area contributed by atoms with Crippen molar-refractivity contribution in [3.05, 3.63) is 60.4 Å².